The molecule has 1 aliphatic heterocycles. The maximum Gasteiger partial charge on any atom is 0.227 e. The Hall–Kier alpha value is -0.390. The van der Waals surface area contributed by atoms with Crippen LogP contribution in [0.15, 0.2) is 15.9 Å². The van der Waals surface area contributed by atoms with Crippen LogP contribution in [0.3, 0.4) is 0 Å². The summed E-state index contributed by atoms with van der Waals surface area (Å²) in [5.41, 5.74) is 5.55. The summed E-state index contributed by atoms with van der Waals surface area (Å²) in [5, 5.41) is 0. The minimum absolute atomic E-state index is 0.163. The van der Waals surface area contributed by atoms with Gasteiger partial charge in [0.15, 0.2) is 0 Å². The first-order valence-electron chi connectivity index (χ1n) is 5.34. The molecule has 0 radical (unpaired) electrons. The quantitative estimate of drug-likeness (QED) is 0.930. The van der Waals surface area contributed by atoms with Gasteiger partial charge in [-0.3, -0.25) is 4.79 Å². The van der Waals surface area contributed by atoms with Crippen molar-refractivity contribution in [1.82, 2.24) is 4.90 Å². The molecule has 0 aromatic carbocycles. The number of likely N-dealkylation sites (tertiary alicyclic amines) is 1. The van der Waals surface area contributed by atoms with Gasteiger partial charge in [-0.05, 0) is 54.5 Å². The lowest BCUT2D eigenvalue weighted by Gasteiger charge is -2.25. The van der Waals surface area contributed by atoms with Crippen molar-refractivity contribution in [1.29, 1.82) is 0 Å². The van der Waals surface area contributed by atoms with Crippen molar-refractivity contribution in [2.75, 3.05) is 13.6 Å². The third kappa shape index (κ3) is 2.31. The molecule has 1 fully saturated rings. The number of nitrogens with two attached hydrogens (primary N) is 1. The highest BCUT2D eigenvalue weighted by molar-refractivity contribution is 9.11. The summed E-state index contributed by atoms with van der Waals surface area (Å²) in [7, 11) is 2.07. The highest BCUT2D eigenvalue weighted by Gasteiger charge is 2.34. The van der Waals surface area contributed by atoms with Crippen LogP contribution in [0.4, 0.5) is 0 Å². The van der Waals surface area contributed by atoms with Gasteiger partial charge in [0, 0.05) is 10.9 Å². The van der Waals surface area contributed by atoms with Gasteiger partial charge in [-0.1, -0.05) is 0 Å². The average molecular weight is 303 g/mol. The van der Waals surface area contributed by atoms with Gasteiger partial charge < -0.3 is 10.6 Å². The van der Waals surface area contributed by atoms with Crippen molar-refractivity contribution in [2.24, 2.45) is 5.73 Å². The highest BCUT2D eigenvalue weighted by atomic mass is 79.9. The molecule has 0 spiro atoms. The van der Waals surface area contributed by atoms with Gasteiger partial charge in [0.25, 0.3) is 0 Å². The number of thiophene rings is 1. The molecule has 1 aliphatic rings. The van der Waals surface area contributed by atoms with Gasteiger partial charge in [-0.25, -0.2) is 0 Å². The third-order valence-electron chi connectivity index (χ3n) is 3.17. The summed E-state index contributed by atoms with van der Waals surface area (Å²) in [6.07, 6.45) is 2.21. The maximum absolute atomic E-state index is 11.6. The van der Waals surface area contributed by atoms with Crippen LogP contribution < -0.4 is 5.73 Å². The predicted molar refractivity (Wildman–Crippen MR) is 69.6 cm³/mol. The molecule has 88 valence electrons. The molecule has 1 saturated heterocycles. The number of amides is 1. The Kier molecular flexibility index (Phi) is 3.66. The zero-order valence-electron chi connectivity index (χ0n) is 9.15. The molecule has 2 heterocycles. The van der Waals surface area contributed by atoms with Crippen molar-refractivity contribution < 1.29 is 4.79 Å². The van der Waals surface area contributed by atoms with Crippen LogP contribution in [-0.2, 0) is 4.79 Å². The first-order chi connectivity index (χ1) is 7.59. The second-order valence-corrected chi connectivity index (χ2v) is 6.71. The Morgan fingerprint density at radius 1 is 1.69 bits per heavy atom. The van der Waals surface area contributed by atoms with E-state index in [0.717, 1.165) is 28.0 Å². The molecule has 1 aromatic rings. The normalized spacial score (nSPS) is 23.5. The Bertz CT molecular complexity index is 393. The number of carbonyl (C=O) groups excluding carboxylic acids is 1. The molecular weight excluding hydrogens is 288 g/mol. The van der Waals surface area contributed by atoms with E-state index in [1.807, 2.05) is 12.1 Å². The summed E-state index contributed by atoms with van der Waals surface area (Å²) in [5.74, 6) is -0.378. The lowest BCUT2D eigenvalue weighted by atomic mass is 9.95. The van der Waals surface area contributed by atoms with Gasteiger partial charge >= 0.3 is 0 Å². The van der Waals surface area contributed by atoms with Crippen LogP contribution in [0, 0.1) is 0 Å². The molecule has 0 unspecified atom stereocenters. The molecule has 3 nitrogen and oxygen atoms in total. The van der Waals surface area contributed by atoms with E-state index in [9.17, 15) is 4.79 Å². The molecule has 5 heteroatoms. The Morgan fingerprint density at radius 3 is 2.88 bits per heavy atom. The molecule has 1 amide bonds. The van der Waals surface area contributed by atoms with Crippen LogP contribution in [0.2, 0.25) is 0 Å². The standard InChI is InChI=1S/C11H15BrN2OS/c1-14-6-2-3-7(14)10(11(13)15)8-4-5-9(12)16-8/h4-5,7,10H,2-3,6H2,1H3,(H2,13,15)/t7-,10+/m0/s1. The van der Waals surface area contributed by atoms with E-state index < -0.39 is 0 Å². The summed E-state index contributed by atoms with van der Waals surface area (Å²) < 4.78 is 1.05. The molecule has 2 rings (SSSR count). The van der Waals surface area contributed by atoms with Crippen LogP contribution >= 0.6 is 27.3 Å². The number of hydrogen-bond donors (Lipinski definition) is 1. The Labute approximate surface area is 108 Å². The molecular formula is C11H15BrN2OS. The monoisotopic (exact) mass is 302 g/mol. The summed E-state index contributed by atoms with van der Waals surface area (Å²) in [6.45, 7) is 1.06. The minimum atomic E-state index is -0.215. The van der Waals surface area contributed by atoms with Crippen molar-refractivity contribution in [3.05, 3.63) is 20.8 Å². The molecule has 0 saturated carbocycles. The number of primary amides is 1. The van der Waals surface area contributed by atoms with Crippen LogP contribution in [0.25, 0.3) is 0 Å². The largest absolute Gasteiger partial charge is 0.369 e. The van der Waals surface area contributed by atoms with Crippen LogP contribution in [0.5, 0.6) is 0 Å². The fourth-order valence-electron chi connectivity index (χ4n) is 2.37. The highest BCUT2D eigenvalue weighted by Crippen LogP contribution is 2.35. The molecule has 0 bridgehead atoms. The topological polar surface area (TPSA) is 46.3 Å². The van der Waals surface area contributed by atoms with Crippen LogP contribution in [-0.4, -0.2) is 30.4 Å². The molecule has 0 aliphatic carbocycles. The van der Waals surface area contributed by atoms with Crippen molar-refractivity contribution in [3.8, 4) is 0 Å². The molecule has 16 heavy (non-hydrogen) atoms. The van der Waals surface area contributed by atoms with Crippen molar-refractivity contribution >= 4 is 33.2 Å². The number of nitrogens with zero attached hydrogens (tertiary/aromatic N) is 1. The summed E-state index contributed by atoms with van der Waals surface area (Å²) in [4.78, 5) is 14.9. The van der Waals surface area contributed by atoms with Gasteiger partial charge in [-0.2, -0.15) is 0 Å². The zero-order valence-corrected chi connectivity index (χ0v) is 11.6. The van der Waals surface area contributed by atoms with E-state index in [0.29, 0.717) is 0 Å². The van der Waals surface area contributed by atoms with E-state index in [-0.39, 0.29) is 17.9 Å². The van der Waals surface area contributed by atoms with Gasteiger partial charge in [0.1, 0.15) is 0 Å². The van der Waals surface area contributed by atoms with Gasteiger partial charge in [0.05, 0.1) is 9.70 Å². The van der Waals surface area contributed by atoms with Crippen molar-refractivity contribution in [3.63, 3.8) is 0 Å². The number of likely N-dealkylation sites (N-methyl/N-ethyl adjacent to an activating group) is 1. The number of rotatable bonds is 3. The summed E-state index contributed by atoms with van der Waals surface area (Å²) in [6, 6.07) is 4.24. The minimum Gasteiger partial charge on any atom is -0.369 e. The Balaban J connectivity index is 2.27. The lowest BCUT2D eigenvalue weighted by Crippen LogP contribution is -2.38. The second-order valence-electron chi connectivity index (χ2n) is 4.21. The molecule has 2 atom stereocenters. The van der Waals surface area contributed by atoms with E-state index in [4.69, 9.17) is 5.73 Å². The maximum atomic E-state index is 11.6. The third-order valence-corrected chi connectivity index (χ3v) is 4.88. The van der Waals surface area contributed by atoms with Crippen molar-refractivity contribution in [2.45, 2.75) is 24.8 Å². The number of hydrogen-bond acceptors (Lipinski definition) is 3. The zero-order chi connectivity index (χ0) is 11.7. The van der Waals surface area contributed by atoms with E-state index in [1.54, 1.807) is 11.3 Å². The van der Waals surface area contributed by atoms with Gasteiger partial charge in [0.2, 0.25) is 5.91 Å². The first kappa shape index (κ1) is 12.1. The lowest BCUT2D eigenvalue weighted by molar-refractivity contribution is -0.120. The van der Waals surface area contributed by atoms with Gasteiger partial charge in [-0.15, -0.1) is 11.3 Å². The second kappa shape index (κ2) is 4.85. The fourth-order valence-corrected chi connectivity index (χ4v) is 3.96. The average Bonchev–Trinajstić information content (AvgIpc) is 2.78. The number of carbonyl (C=O) groups is 1. The van der Waals surface area contributed by atoms with Crippen LogP contribution in [0.1, 0.15) is 23.6 Å². The smallest absolute Gasteiger partial charge is 0.227 e. The molecule has 2 N–H and O–H groups in total. The summed E-state index contributed by atoms with van der Waals surface area (Å²) >= 11 is 5.03. The predicted octanol–water partition coefficient (Wildman–Crippen LogP) is 2.17. The van der Waals surface area contributed by atoms with E-state index in [2.05, 4.69) is 27.9 Å². The van der Waals surface area contributed by atoms with E-state index >= 15 is 0 Å². The Morgan fingerprint density at radius 2 is 2.44 bits per heavy atom. The first-order valence-corrected chi connectivity index (χ1v) is 6.95. The molecule has 1 aromatic heterocycles. The SMILES string of the molecule is CN1CCC[C@H]1[C@@H](C(N)=O)c1ccc(Br)s1. The fraction of sp³-hybridized carbons (Fsp3) is 0.545. The number of halogens is 1. The van der Waals surface area contributed by atoms with E-state index in [1.165, 1.54) is 0 Å².